The van der Waals surface area contributed by atoms with Gasteiger partial charge < -0.3 is 10.2 Å². The number of carbonyl (C=O) groups excluding carboxylic acids is 2. The quantitative estimate of drug-likeness (QED) is 0.573. The molecular weight excluding hydrogens is 433 g/mol. The number of rotatable bonds is 6. The third kappa shape index (κ3) is 4.27. The van der Waals surface area contributed by atoms with Gasteiger partial charge in [-0.25, -0.2) is 9.37 Å². The molecule has 2 aliphatic rings. The van der Waals surface area contributed by atoms with E-state index in [0.717, 1.165) is 25.7 Å². The minimum absolute atomic E-state index is 0.0223. The largest absolute Gasteiger partial charge is 0.353 e. The number of anilines is 1. The van der Waals surface area contributed by atoms with Crippen molar-refractivity contribution in [2.45, 2.75) is 38.3 Å². The van der Waals surface area contributed by atoms with Crippen LogP contribution in [0.4, 0.5) is 9.52 Å². The molecule has 0 radical (unpaired) electrons. The molecule has 1 aliphatic heterocycles. The molecule has 3 heterocycles. The zero-order chi connectivity index (χ0) is 22.2. The molecule has 1 saturated carbocycles. The first-order valence-corrected chi connectivity index (χ1v) is 11.5. The number of aromatic nitrogens is 3. The van der Waals surface area contributed by atoms with Crippen LogP contribution in [0.15, 0.2) is 35.4 Å². The lowest BCUT2D eigenvalue weighted by Gasteiger charge is -2.30. The molecule has 8 nitrogen and oxygen atoms in total. The summed E-state index contributed by atoms with van der Waals surface area (Å²) >= 11 is 1.26. The lowest BCUT2D eigenvalue weighted by molar-refractivity contribution is -0.125. The van der Waals surface area contributed by atoms with Gasteiger partial charge in [-0.3, -0.25) is 19.0 Å². The number of hydrogen-bond donors (Lipinski definition) is 1. The molecule has 32 heavy (non-hydrogen) atoms. The smallest absolute Gasteiger partial charge is 0.273 e. The van der Waals surface area contributed by atoms with Gasteiger partial charge in [0, 0.05) is 30.6 Å². The Morgan fingerprint density at radius 1 is 1.12 bits per heavy atom. The van der Waals surface area contributed by atoms with E-state index in [-0.39, 0.29) is 29.7 Å². The Labute approximate surface area is 187 Å². The summed E-state index contributed by atoms with van der Waals surface area (Å²) in [4.78, 5) is 48.5. The molecule has 0 spiro atoms. The van der Waals surface area contributed by atoms with Crippen LogP contribution in [-0.4, -0.2) is 45.4 Å². The average molecular weight is 456 g/mol. The fourth-order valence-corrected chi connectivity index (χ4v) is 4.87. The number of nitrogens with zero attached hydrogens (tertiary/aromatic N) is 4. The van der Waals surface area contributed by atoms with Crippen molar-refractivity contribution < 1.29 is 14.0 Å². The molecule has 1 aliphatic carbocycles. The summed E-state index contributed by atoms with van der Waals surface area (Å²) in [6.07, 6.45) is 4.98. The van der Waals surface area contributed by atoms with Crippen molar-refractivity contribution in [2.75, 3.05) is 18.0 Å². The highest BCUT2D eigenvalue weighted by atomic mass is 32.1. The van der Waals surface area contributed by atoms with Gasteiger partial charge in [0.05, 0.1) is 6.54 Å². The summed E-state index contributed by atoms with van der Waals surface area (Å²) in [6.45, 7) is 1.21. The number of thiazole rings is 1. The van der Waals surface area contributed by atoms with Crippen LogP contribution in [0.1, 0.15) is 36.0 Å². The van der Waals surface area contributed by atoms with Crippen LogP contribution in [0.5, 0.6) is 0 Å². The number of amides is 1. The molecule has 10 heteroatoms. The van der Waals surface area contributed by atoms with Gasteiger partial charge in [-0.1, -0.05) is 11.3 Å². The molecule has 0 atom stereocenters. The minimum Gasteiger partial charge on any atom is -0.353 e. The molecule has 2 fully saturated rings. The minimum atomic E-state index is -0.424. The molecule has 1 aromatic carbocycles. The van der Waals surface area contributed by atoms with E-state index in [1.54, 1.807) is 0 Å². The Morgan fingerprint density at radius 2 is 1.84 bits per heavy atom. The van der Waals surface area contributed by atoms with Crippen molar-refractivity contribution in [2.24, 2.45) is 5.92 Å². The lowest BCUT2D eigenvalue weighted by Crippen LogP contribution is -2.41. The van der Waals surface area contributed by atoms with Gasteiger partial charge >= 0.3 is 0 Å². The fourth-order valence-electron chi connectivity index (χ4n) is 3.84. The van der Waals surface area contributed by atoms with E-state index < -0.39 is 5.82 Å². The van der Waals surface area contributed by atoms with Gasteiger partial charge in [-0.05, 0) is 49.9 Å². The number of nitrogens with one attached hydrogen (secondary N) is 1. The first-order valence-electron chi connectivity index (χ1n) is 10.7. The van der Waals surface area contributed by atoms with E-state index in [9.17, 15) is 18.8 Å². The van der Waals surface area contributed by atoms with Gasteiger partial charge in [-0.2, -0.15) is 4.98 Å². The topological polar surface area (TPSA) is 97.2 Å². The zero-order valence-corrected chi connectivity index (χ0v) is 18.1. The highest BCUT2D eigenvalue weighted by Crippen LogP contribution is 2.30. The van der Waals surface area contributed by atoms with Crippen LogP contribution in [0.3, 0.4) is 0 Å². The average Bonchev–Trinajstić information content (AvgIpc) is 3.50. The van der Waals surface area contributed by atoms with Crippen LogP contribution < -0.4 is 15.8 Å². The van der Waals surface area contributed by atoms with Crippen LogP contribution in [-0.2, 0) is 11.3 Å². The van der Waals surface area contributed by atoms with E-state index in [4.69, 9.17) is 0 Å². The van der Waals surface area contributed by atoms with Crippen molar-refractivity contribution in [1.82, 2.24) is 19.9 Å². The van der Waals surface area contributed by atoms with Gasteiger partial charge in [0.15, 0.2) is 16.6 Å². The third-order valence-electron chi connectivity index (χ3n) is 5.91. The van der Waals surface area contributed by atoms with E-state index in [2.05, 4.69) is 20.2 Å². The predicted octanol–water partition coefficient (Wildman–Crippen LogP) is 2.37. The second kappa shape index (κ2) is 8.42. The van der Waals surface area contributed by atoms with Crippen LogP contribution >= 0.6 is 11.3 Å². The Morgan fingerprint density at radius 3 is 2.53 bits per heavy atom. The second-order valence-electron chi connectivity index (χ2n) is 8.30. The second-order valence-corrected chi connectivity index (χ2v) is 9.28. The van der Waals surface area contributed by atoms with Gasteiger partial charge in [0.2, 0.25) is 5.91 Å². The molecule has 2 aromatic heterocycles. The molecule has 5 rings (SSSR count). The van der Waals surface area contributed by atoms with Crippen molar-refractivity contribution in [3.8, 4) is 0 Å². The standard InChI is InChI=1S/C22H22FN5O3S/c23-15-3-1-13(2-4-15)17(29)11-28-12-24-19-18(21(28)31)32-22(26-19)27-9-7-14(8-10-27)20(30)25-16-5-6-16/h1-4,12,14,16H,5-11H2,(H,25,30). The maximum absolute atomic E-state index is 13.1. The van der Waals surface area contributed by atoms with Crippen LogP contribution in [0.25, 0.3) is 10.3 Å². The van der Waals surface area contributed by atoms with E-state index in [0.29, 0.717) is 40.2 Å². The summed E-state index contributed by atoms with van der Waals surface area (Å²) in [5.41, 5.74) is 0.360. The monoisotopic (exact) mass is 455 g/mol. The lowest BCUT2D eigenvalue weighted by atomic mass is 9.96. The summed E-state index contributed by atoms with van der Waals surface area (Å²) in [7, 11) is 0. The molecular formula is C22H22FN5O3S. The van der Waals surface area contributed by atoms with Crippen molar-refractivity contribution in [3.05, 3.63) is 52.3 Å². The van der Waals surface area contributed by atoms with Gasteiger partial charge in [-0.15, -0.1) is 0 Å². The van der Waals surface area contributed by atoms with Gasteiger partial charge in [0.25, 0.3) is 5.56 Å². The number of halogens is 1. The summed E-state index contributed by atoms with van der Waals surface area (Å²) in [5, 5.41) is 3.77. The zero-order valence-electron chi connectivity index (χ0n) is 17.3. The van der Waals surface area contributed by atoms with E-state index in [1.165, 1.54) is 46.5 Å². The van der Waals surface area contributed by atoms with Crippen LogP contribution in [0.2, 0.25) is 0 Å². The summed E-state index contributed by atoms with van der Waals surface area (Å²) in [5.74, 6) is -0.558. The highest BCUT2D eigenvalue weighted by Gasteiger charge is 2.30. The van der Waals surface area contributed by atoms with E-state index >= 15 is 0 Å². The Kier molecular flexibility index (Phi) is 5.46. The summed E-state index contributed by atoms with van der Waals surface area (Å²) < 4.78 is 14.7. The molecule has 0 unspecified atom stereocenters. The number of benzene rings is 1. The number of ketones is 1. The van der Waals surface area contributed by atoms with Gasteiger partial charge in [0.1, 0.15) is 16.8 Å². The maximum Gasteiger partial charge on any atom is 0.273 e. The number of Topliss-reactive ketones (excluding diaryl/α,β-unsaturated/α-hetero) is 1. The number of carbonyl (C=O) groups is 2. The Hall–Kier alpha value is -3.14. The number of fused-ring (bicyclic) bond motifs is 1. The third-order valence-corrected chi connectivity index (χ3v) is 7.01. The Balaban J connectivity index is 1.29. The van der Waals surface area contributed by atoms with Crippen molar-refractivity contribution in [1.29, 1.82) is 0 Å². The molecule has 166 valence electrons. The maximum atomic E-state index is 13.1. The first-order chi connectivity index (χ1) is 15.5. The summed E-state index contributed by atoms with van der Waals surface area (Å²) in [6, 6.07) is 5.59. The fraction of sp³-hybridized carbons (Fsp3) is 0.409. The highest BCUT2D eigenvalue weighted by molar-refractivity contribution is 7.22. The number of hydrogen-bond acceptors (Lipinski definition) is 7. The Bertz CT molecular complexity index is 1230. The number of piperidine rings is 1. The molecule has 1 amide bonds. The SMILES string of the molecule is O=C(Cn1cnc2nc(N3CCC(C(=O)NC4CC4)CC3)sc2c1=O)c1ccc(F)cc1. The predicted molar refractivity (Wildman–Crippen MR) is 119 cm³/mol. The van der Waals surface area contributed by atoms with Crippen LogP contribution in [0, 0.1) is 11.7 Å². The molecule has 3 aromatic rings. The van der Waals surface area contributed by atoms with Crippen molar-refractivity contribution in [3.63, 3.8) is 0 Å². The first kappa shape index (κ1) is 20.7. The normalized spacial score (nSPS) is 17.0. The van der Waals surface area contributed by atoms with E-state index in [1.807, 2.05) is 0 Å². The van der Waals surface area contributed by atoms with Crippen molar-refractivity contribution >= 4 is 38.5 Å². The molecule has 1 N–H and O–H groups in total. The molecule has 1 saturated heterocycles. The molecule has 0 bridgehead atoms.